The van der Waals surface area contributed by atoms with Crippen LogP contribution in [-0.4, -0.2) is 27.0 Å². The van der Waals surface area contributed by atoms with Crippen LogP contribution in [0, 0.1) is 0 Å². The number of imidazole rings is 1. The maximum Gasteiger partial charge on any atom is 0.253 e. The Morgan fingerprint density at radius 3 is 2.95 bits per heavy atom. The molecule has 0 aliphatic rings. The van der Waals surface area contributed by atoms with Gasteiger partial charge in [-0.3, -0.25) is 9.78 Å². The summed E-state index contributed by atoms with van der Waals surface area (Å²) in [7, 11) is 0. The summed E-state index contributed by atoms with van der Waals surface area (Å²) in [6.07, 6.45) is 10.4. The van der Waals surface area contributed by atoms with Crippen molar-refractivity contribution < 1.29 is 4.79 Å². The van der Waals surface area contributed by atoms with Gasteiger partial charge < -0.3 is 15.6 Å². The van der Waals surface area contributed by atoms with E-state index in [0.717, 1.165) is 19.4 Å². The average Bonchev–Trinajstić information content (AvgIpc) is 2.92. The number of carbonyl (C=O) groups is 1. The van der Waals surface area contributed by atoms with E-state index in [2.05, 4.69) is 15.3 Å². The van der Waals surface area contributed by atoms with Crippen LogP contribution >= 0.6 is 0 Å². The number of nitrogens with two attached hydrogens (primary N) is 1. The van der Waals surface area contributed by atoms with Crippen molar-refractivity contribution in [1.82, 2.24) is 19.9 Å². The zero-order valence-corrected chi connectivity index (χ0v) is 10.6. The van der Waals surface area contributed by atoms with E-state index in [9.17, 15) is 4.79 Å². The molecule has 0 saturated carbocycles. The molecule has 0 radical (unpaired) electrons. The van der Waals surface area contributed by atoms with Crippen LogP contribution in [0.1, 0.15) is 23.2 Å². The number of unbranched alkanes of at least 4 members (excludes halogenated alkanes) is 1. The maximum absolute atomic E-state index is 11.8. The monoisotopic (exact) mass is 259 g/mol. The lowest BCUT2D eigenvalue weighted by atomic mass is 10.2. The summed E-state index contributed by atoms with van der Waals surface area (Å²) in [6, 6.07) is 1.62. The number of pyridine rings is 1. The number of anilines is 1. The number of nitrogen functional groups attached to an aromatic ring is 1. The summed E-state index contributed by atoms with van der Waals surface area (Å²) in [5, 5.41) is 2.85. The summed E-state index contributed by atoms with van der Waals surface area (Å²) in [5.74, 6) is -0.150. The van der Waals surface area contributed by atoms with E-state index < -0.39 is 0 Å². The minimum Gasteiger partial charge on any atom is -0.397 e. The van der Waals surface area contributed by atoms with Crippen molar-refractivity contribution in [2.24, 2.45) is 0 Å². The SMILES string of the molecule is Nc1cnccc1C(=O)NCCCCn1ccnc1. The van der Waals surface area contributed by atoms with Gasteiger partial charge in [0.2, 0.25) is 0 Å². The van der Waals surface area contributed by atoms with Crippen molar-refractivity contribution in [3.8, 4) is 0 Å². The summed E-state index contributed by atoms with van der Waals surface area (Å²) in [4.78, 5) is 19.6. The first kappa shape index (κ1) is 13.1. The van der Waals surface area contributed by atoms with Gasteiger partial charge in [0.25, 0.3) is 5.91 Å². The Morgan fingerprint density at radius 2 is 2.21 bits per heavy atom. The van der Waals surface area contributed by atoms with Gasteiger partial charge in [0.05, 0.1) is 23.8 Å². The molecular weight excluding hydrogens is 242 g/mol. The van der Waals surface area contributed by atoms with Crippen LogP contribution in [0.5, 0.6) is 0 Å². The number of nitrogens with zero attached hydrogens (tertiary/aromatic N) is 3. The van der Waals surface area contributed by atoms with Crippen LogP contribution in [0.3, 0.4) is 0 Å². The molecule has 2 aromatic heterocycles. The van der Waals surface area contributed by atoms with Gasteiger partial charge in [0.15, 0.2) is 0 Å². The number of rotatable bonds is 6. The molecule has 2 heterocycles. The molecule has 0 aromatic carbocycles. The molecule has 0 unspecified atom stereocenters. The first-order valence-corrected chi connectivity index (χ1v) is 6.21. The van der Waals surface area contributed by atoms with Crippen molar-refractivity contribution in [1.29, 1.82) is 0 Å². The highest BCUT2D eigenvalue weighted by Gasteiger charge is 2.07. The Hall–Kier alpha value is -2.37. The van der Waals surface area contributed by atoms with Gasteiger partial charge in [-0.15, -0.1) is 0 Å². The van der Waals surface area contributed by atoms with Gasteiger partial charge in [0, 0.05) is 31.7 Å². The number of amides is 1. The van der Waals surface area contributed by atoms with Gasteiger partial charge in [-0.1, -0.05) is 0 Å². The first-order valence-electron chi connectivity index (χ1n) is 6.21. The second-order valence-corrected chi connectivity index (χ2v) is 4.23. The fourth-order valence-corrected chi connectivity index (χ4v) is 1.75. The summed E-state index contributed by atoms with van der Waals surface area (Å²) < 4.78 is 2.02. The number of nitrogens with one attached hydrogen (secondary N) is 1. The zero-order chi connectivity index (χ0) is 13.5. The quantitative estimate of drug-likeness (QED) is 0.760. The van der Waals surface area contributed by atoms with Gasteiger partial charge >= 0.3 is 0 Å². The molecule has 2 rings (SSSR count). The highest BCUT2D eigenvalue weighted by atomic mass is 16.1. The molecule has 0 saturated heterocycles. The summed E-state index contributed by atoms with van der Waals surface area (Å²) >= 11 is 0. The van der Waals surface area contributed by atoms with Crippen LogP contribution in [0.15, 0.2) is 37.2 Å². The normalized spacial score (nSPS) is 10.3. The van der Waals surface area contributed by atoms with E-state index in [-0.39, 0.29) is 5.91 Å². The molecule has 0 aliphatic carbocycles. The molecule has 0 fully saturated rings. The largest absolute Gasteiger partial charge is 0.397 e. The number of carbonyl (C=O) groups excluding carboxylic acids is 1. The van der Waals surface area contributed by atoms with E-state index in [4.69, 9.17) is 5.73 Å². The summed E-state index contributed by atoms with van der Waals surface area (Å²) in [6.45, 7) is 1.54. The van der Waals surface area contributed by atoms with Crippen LogP contribution in [0.2, 0.25) is 0 Å². The fraction of sp³-hybridized carbons (Fsp3) is 0.308. The molecule has 0 bridgehead atoms. The average molecular weight is 259 g/mol. The van der Waals surface area contributed by atoms with Crippen LogP contribution in [0.25, 0.3) is 0 Å². The van der Waals surface area contributed by atoms with Crippen molar-refractivity contribution >= 4 is 11.6 Å². The number of hydrogen-bond donors (Lipinski definition) is 2. The highest BCUT2D eigenvalue weighted by Crippen LogP contribution is 2.07. The van der Waals surface area contributed by atoms with Gasteiger partial charge in [-0.05, 0) is 18.9 Å². The van der Waals surface area contributed by atoms with E-state index in [0.29, 0.717) is 17.8 Å². The molecule has 1 amide bonds. The Kier molecular flexibility index (Phi) is 4.49. The van der Waals surface area contributed by atoms with Gasteiger partial charge in [-0.25, -0.2) is 4.98 Å². The lowest BCUT2D eigenvalue weighted by molar-refractivity contribution is 0.0953. The molecule has 3 N–H and O–H groups in total. The molecule has 0 atom stereocenters. The molecule has 0 aliphatic heterocycles. The predicted octanol–water partition coefficient (Wildman–Crippen LogP) is 1.07. The molecule has 100 valence electrons. The maximum atomic E-state index is 11.8. The van der Waals surface area contributed by atoms with Crippen molar-refractivity contribution in [3.05, 3.63) is 42.7 Å². The van der Waals surface area contributed by atoms with Gasteiger partial charge in [-0.2, -0.15) is 0 Å². The molecule has 19 heavy (non-hydrogen) atoms. The highest BCUT2D eigenvalue weighted by molar-refractivity contribution is 5.98. The Morgan fingerprint density at radius 1 is 1.32 bits per heavy atom. The number of hydrogen-bond acceptors (Lipinski definition) is 4. The third-order valence-electron chi connectivity index (χ3n) is 2.78. The molecule has 6 nitrogen and oxygen atoms in total. The van der Waals surface area contributed by atoms with Crippen molar-refractivity contribution in [2.75, 3.05) is 12.3 Å². The Bertz CT molecular complexity index is 524. The van der Waals surface area contributed by atoms with Gasteiger partial charge in [0.1, 0.15) is 0 Å². The first-order chi connectivity index (χ1) is 9.27. The van der Waals surface area contributed by atoms with Crippen LogP contribution < -0.4 is 11.1 Å². The van der Waals surface area contributed by atoms with Crippen molar-refractivity contribution in [3.63, 3.8) is 0 Å². The minimum absolute atomic E-state index is 0.150. The number of aromatic nitrogens is 3. The number of aryl methyl sites for hydroxylation is 1. The van der Waals surface area contributed by atoms with E-state index in [1.54, 1.807) is 24.8 Å². The zero-order valence-electron chi connectivity index (χ0n) is 10.6. The third kappa shape index (κ3) is 3.80. The Balaban J connectivity index is 1.68. The van der Waals surface area contributed by atoms with E-state index >= 15 is 0 Å². The molecular formula is C13H17N5O. The second kappa shape index (κ2) is 6.53. The second-order valence-electron chi connectivity index (χ2n) is 4.23. The van der Waals surface area contributed by atoms with E-state index in [1.807, 2.05) is 10.8 Å². The lowest BCUT2D eigenvalue weighted by Gasteiger charge is -2.07. The standard InChI is InChI=1S/C13H17N5O/c14-12-9-15-5-3-11(12)13(19)17-4-1-2-7-18-8-6-16-10-18/h3,5-6,8-10H,1-2,4,7,14H2,(H,17,19). The molecule has 0 spiro atoms. The fourth-order valence-electron chi connectivity index (χ4n) is 1.75. The third-order valence-corrected chi connectivity index (χ3v) is 2.78. The topological polar surface area (TPSA) is 85.8 Å². The predicted molar refractivity (Wildman–Crippen MR) is 72.4 cm³/mol. The smallest absolute Gasteiger partial charge is 0.253 e. The molecule has 2 aromatic rings. The molecule has 6 heteroatoms. The minimum atomic E-state index is -0.150. The van der Waals surface area contributed by atoms with Crippen LogP contribution in [-0.2, 0) is 6.54 Å². The Labute approximate surface area is 111 Å². The summed E-state index contributed by atoms with van der Waals surface area (Å²) in [5.41, 5.74) is 6.56. The van der Waals surface area contributed by atoms with Crippen LogP contribution in [0.4, 0.5) is 5.69 Å². The van der Waals surface area contributed by atoms with E-state index in [1.165, 1.54) is 6.20 Å². The lowest BCUT2D eigenvalue weighted by Crippen LogP contribution is -2.25. The van der Waals surface area contributed by atoms with Crippen molar-refractivity contribution in [2.45, 2.75) is 19.4 Å².